The van der Waals surface area contributed by atoms with Crippen molar-refractivity contribution in [3.8, 4) is 0 Å². The van der Waals surface area contributed by atoms with Crippen LogP contribution in [0.4, 0.5) is 0 Å². The number of amides is 1. The molecule has 0 aliphatic carbocycles. The second kappa shape index (κ2) is 6.38. The van der Waals surface area contributed by atoms with Gasteiger partial charge in [0.1, 0.15) is 11.5 Å². The van der Waals surface area contributed by atoms with E-state index >= 15 is 0 Å². The van der Waals surface area contributed by atoms with E-state index in [1.54, 1.807) is 19.0 Å². The number of fused-ring (bicyclic) bond motifs is 1. The molecule has 0 bridgehead atoms. The molecule has 1 aromatic heterocycles. The van der Waals surface area contributed by atoms with E-state index in [-0.39, 0.29) is 11.9 Å². The van der Waals surface area contributed by atoms with E-state index in [1.807, 2.05) is 6.20 Å². The van der Waals surface area contributed by atoms with Crippen molar-refractivity contribution in [1.29, 1.82) is 0 Å². The van der Waals surface area contributed by atoms with Gasteiger partial charge in [0, 0.05) is 53.1 Å². The van der Waals surface area contributed by atoms with E-state index in [4.69, 9.17) is 4.74 Å². The van der Waals surface area contributed by atoms with Crippen LogP contribution in [0, 0.1) is 5.92 Å². The number of rotatable bonds is 3. The number of imidazole rings is 1. The molecule has 6 heteroatoms. The van der Waals surface area contributed by atoms with Gasteiger partial charge in [0.2, 0.25) is 0 Å². The molecular weight excluding hydrogens is 280 g/mol. The molecule has 1 amide bonds. The molecule has 1 saturated heterocycles. The van der Waals surface area contributed by atoms with Crippen molar-refractivity contribution in [2.45, 2.75) is 32.4 Å². The first kappa shape index (κ1) is 15.5. The number of nitrogens with zero attached hydrogens (tertiary/aromatic N) is 4. The predicted octanol–water partition coefficient (Wildman–Crippen LogP) is 1.39. The molecule has 2 aliphatic heterocycles. The van der Waals surface area contributed by atoms with Crippen LogP contribution in [0.2, 0.25) is 0 Å². The summed E-state index contributed by atoms with van der Waals surface area (Å²) in [6, 6.07) is 0.264. The van der Waals surface area contributed by atoms with E-state index in [2.05, 4.69) is 21.4 Å². The summed E-state index contributed by atoms with van der Waals surface area (Å²) in [7, 11) is 3.53. The van der Waals surface area contributed by atoms with Crippen LogP contribution in [-0.4, -0.2) is 65.7 Å². The molecule has 0 saturated carbocycles. The molecule has 1 unspecified atom stereocenters. The lowest BCUT2D eigenvalue weighted by atomic mass is 9.98. The summed E-state index contributed by atoms with van der Waals surface area (Å²) in [5, 5.41) is 0. The van der Waals surface area contributed by atoms with Crippen molar-refractivity contribution in [2.24, 2.45) is 5.92 Å². The van der Waals surface area contributed by atoms with Gasteiger partial charge in [-0.25, -0.2) is 4.98 Å². The number of carbonyl (C=O) groups excluding carboxylic acids is 1. The highest BCUT2D eigenvalue weighted by atomic mass is 16.5. The number of hydrogen-bond donors (Lipinski definition) is 0. The van der Waals surface area contributed by atoms with Crippen LogP contribution < -0.4 is 0 Å². The molecule has 0 radical (unpaired) electrons. The van der Waals surface area contributed by atoms with Crippen molar-refractivity contribution in [3.63, 3.8) is 0 Å². The van der Waals surface area contributed by atoms with E-state index in [0.717, 1.165) is 57.4 Å². The molecule has 2 aliphatic rings. The van der Waals surface area contributed by atoms with Crippen LogP contribution in [0.15, 0.2) is 6.20 Å². The number of hydrogen-bond acceptors (Lipinski definition) is 4. The third kappa shape index (κ3) is 3.03. The lowest BCUT2D eigenvalue weighted by Gasteiger charge is -2.37. The normalized spacial score (nSPS) is 23.3. The quantitative estimate of drug-likeness (QED) is 0.847. The summed E-state index contributed by atoms with van der Waals surface area (Å²) in [5.41, 5.74) is 0.555. The van der Waals surface area contributed by atoms with Crippen LogP contribution >= 0.6 is 0 Å². The predicted molar refractivity (Wildman–Crippen MR) is 83.8 cm³/mol. The molecule has 1 atom stereocenters. The smallest absolute Gasteiger partial charge is 0.273 e. The van der Waals surface area contributed by atoms with Crippen LogP contribution in [0.5, 0.6) is 0 Å². The fourth-order valence-electron chi connectivity index (χ4n) is 3.38. The minimum Gasteiger partial charge on any atom is -0.381 e. The van der Waals surface area contributed by atoms with Crippen molar-refractivity contribution in [2.75, 3.05) is 40.4 Å². The van der Waals surface area contributed by atoms with Crippen LogP contribution in [0.25, 0.3) is 0 Å². The van der Waals surface area contributed by atoms with Crippen molar-refractivity contribution >= 4 is 5.91 Å². The fraction of sp³-hybridized carbons (Fsp3) is 0.750. The summed E-state index contributed by atoms with van der Waals surface area (Å²) in [4.78, 5) is 20.8. The highest BCUT2D eigenvalue weighted by Gasteiger charge is 2.29. The molecule has 22 heavy (non-hydrogen) atoms. The average Bonchev–Trinajstić information content (AvgIpc) is 2.95. The van der Waals surface area contributed by atoms with Crippen molar-refractivity contribution in [1.82, 2.24) is 19.4 Å². The third-order valence-electron chi connectivity index (χ3n) is 4.82. The Morgan fingerprint density at radius 3 is 2.77 bits per heavy atom. The van der Waals surface area contributed by atoms with Gasteiger partial charge in [-0.2, -0.15) is 0 Å². The monoisotopic (exact) mass is 306 g/mol. The maximum Gasteiger partial charge on any atom is 0.273 e. The van der Waals surface area contributed by atoms with Gasteiger partial charge < -0.3 is 14.2 Å². The first-order valence-electron chi connectivity index (χ1n) is 8.16. The Kier molecular flexibility index (Phi) is 4.49. The van der Waals surface area contributed by atoms with E-state index in [1.165, 1.54) is 0 Å². The molecule has 3 heterocycles. The van der Waals surface area contributed by atoms with E-state index in [0.29, 0.717) is 5.69 Å². The van der Waals surface area contributed by atoms with E-state index < -0.39 is 0 Å². The minimum atomic E-state index is -0.0231. The summed E-state index contributed by atoms with van der Waals surface area (Å²) in [5.74, 6) is 1.72. The summed E-state index contributed by atoms with van der Waals surface area (Å²) < 4.78 is 7.59. The second-order valence-corrected chi connectivity index (χ2v) is 6.60. The largest absolute Gasteiger partial charge is 0.381 e. The zero-order valence-corrected chi connectivity index (χ0v) is 13.8. The summed E-state index contributed by atoms with van der Waals surface area (Å²) in [6.45, 7) is 7.02. The van der Waals surface area contributed by atoms with Gasteiger partial charge in [0.15, 0.2) is 0 Å². The Morgan fingerprint density at radius 1 is 1.36 bits per heavy atom. The Morgan fingerprint density at radius 2 is 2.09 bits per heavy atom. The molecule has 0 spiro atoms. The molecule has 122 valence electrons. The van der Waals surface area contributed by atoms with Gasteiger partial charge in [-0.05, 0) is 25.7 Å². The fourth-order valence-corrected chi connectivity index (χ4v) is 3.38. The molecule has 6 nitrogen and oxygen atoms in total. The van der Waals surface area contributed by atoms with Crippen LogP contribution in [-0.2, 0) is 11.3 Å². The molecule has 0 N–H and O–H groups in total. The van der Waals surface area contributed by atoms with Gasteiger partial charge in [-0.1, -0.05) is 0 Å². The van der Waals surface area contributed by atoms with Gasteiger partial charge in [-0.15, -0.1) is 0 Å². The third-order valence-corrected chi connectivity index (χ3v) is 4.82. The number of carbonyl (C=O) groups is 1. The highest BCUT2D eigenvalue weighted by Crippen LogP contribution is 2.27. The van der Waals surface area contributed by atoms with Gasteiger partial charge >= 0.3 is 0 Å². The number of ether oxygens (including phenoxy) is 1. The SMILES string of the molecule is CC1c2nc(C(=O)N(C)C)cn2CCN1CC1CCOCC1. The first-order valence-corrected chi connectivity index (χ1v) is 8.16. The van der Waals surface area contributed by atoms with Crippen molar-refractivity contribution in [3.05, 3.63) is 17.7 Å². The molecular formula is C16H26N4O2. The minimum absolute atomic E-state index is 0.0231. The molecule has 0 aromatic carbocycles. The van der Waals surface area contributed by atoms with E-state index in [9.17, 15) is 4.79 Å². The molecule has 1 aromatic rings. The Bertz CT molecular complexity index is 534. The Balaban J connectivity index is 1.71. The van der Waals surface area contributed by atoms with Gasteiger partial charge in [0.25, 0.3) is 5.91 Å². The van der Waals surface area contributed by atoms with Crippen molar-refractivity contribution < 1.29 is 9.53 Å². The topological polar surface area (TPSA) is 50.6 Å². The molecule has 3 rings (SSSR count). The van der Waals surface area contributed by atoms with Gasteiger partial charge in [0.05, 0.1) is 6.04 Å². The Hall–Kier alpha value is -1.40. The van der Waals surface area contributed by atoms with Gasteiger partial charge in [-0.3, -0.25) is 9.69 Å². The maximum absolute atomic E-state index is 12.1. The zero-order valence-electron chi connectivity index (χ0n) is 13.8. The first-order chi connectivity index (χ1) is 10.6. The van der Waals surface area contributed by atoms with Crippen LogP contribution in [0.1, 0.15) is 42.1 Å². The second-order valence-electron chi connectivity index (χ2n) is 6.60. The average molecular weight is 306 g/mol. The lowest BCUT2D eigenvalue weighted by molar-refractivity contribution is 0.0411. The maximum atomic E-state index is 12.1. The van der Waals surface area contributed by atoms with Crippen LogP contribution in [0.3, 0.4) is 0 Å². The molecule has 1 fully saturated rings. The standard InChI is InChI=1S/C16H26N4O2/c1-12-15-17-14(16(21)18(2)3)11-20(15)7-6-19(12)10-13-4-8-22-9-5-13/h11-13H,4-10H2,1-3H3. The zero-order chi connectivity index (χ0) is 15.7. The highest BCUT2D eigenvalue weighted by molar-refractivity contribution is 5.91. The Labute approximate surface area is 132 Å². The lowest BCUT2D eigenvalue weighted by Crippen LogP contribution is -2.40. The summed E-state index contributed by atoms with van der Waals surface area (Å²) >= 11 is 0. The summed E-state index contributed by atoms with van der Waals surface area (Å²) in [6.07, 6.45) is 4.21. The number of aromatic nitrogens is 2.